The SMILES string of the molecule is Cc1ccc(N(C(=O)c2cccc(C(F)(F)F)c2)C(C)O)cc1N. The molecule has 0 aliphatic heterocycles. The van der Waals surface area contributed by atoms with Gasteiger partial charge in [-0.2, -0.15) is 13.2 Å². The number of nitrogens with two attached hydrogens (primary N) is 1. The first-order chi connectivity index (χ1) is 11.1. The topological polar surface area (TPSA) is 66.6 Å². The second-order valence-corrected chi connectivity index (χ2v) is 5.43. The van der Waals surface area contributed by atoms with E-state index in [9.17, 15) is 23.1 Å². The fourth-order valence-corrected chi connectivity index (χ4v) is 2.25. The first kappa shape index (κ1) is 17.8. The molecule has 0 saturated carbocycles. The minimum Gasteiger partial charge on any atom is -0.398 e. The van der Waals surface area contributed by atoms with E-state index in [0.29, 0.717) is 11.4 Å². The molecule has 0 spiro atoms. The largest absolute Gasteiger partial charge is 0.416 e. The first-order valence-electron chi connectivity index (χ1n) is 7.16. The number of hydrogen-bond donors (Lipinski definition) is 2. The van der Waals surface area contributed by atoms with Crippen molar-refractivity contribution in [2.75, 3.05) is 10.6 Å². The zero-order chi connectivity index (χ0) is 18.1. The summed E-state index contributed by atoms with van der Waals surface area (Å²) in [5.41, 5.74) is 6.21. The summed E-state index contributed by atoms with van der Waals surface area (Å²) in [6.07, 6.45) is -5.80. The Morgan fingerprint density at radius 1 is 1.21 bits per heavy atom. The van der Waals surface area contributed by atoms with E-state index in [1.807, 2.05) is 0 Å². The molecule has 0 aliphatic rings. The molecule has 2 aromatic carbocycles. The molecule has 0 bridgehead atoms. The molecule has 1 unspecified atom stereocenters. The molecule has 0 radical (unpaired) electrons. The molecule has 1 amide bonds. The Balaban J connectivity index is 2.45. The molecule has 1 atom stereocenters. The molecule has 0 aromatic heterocycles. The second kappa shape index (κ2) is 6.52. The Bertz CT molecular complexity index is 758. The molecule has 128 valence electrons. The number of benzene rings is 2. The van der Waals surface area contributed by atoms with Crippen LogP contribution in [-0.2, 0) is 6.18 Å². The summed E-state index contributed by atoms with van der Waals surface area (Å²) in [5, 5.41) is 9.93. The summed E-state index contributed by atoms with van der Waals surface area (Å²) in [6.45, 7) is 3.13. The van der Waals surface area contributed by atoms with Gasteiger partial charge in [0.05, 0.1) is 5.56 Å². The van der Waals surface area contributed by atoms with E-state index in [1.165, 1.54) is 19.1 Å². The summed E-state index contributed by atoms with van der Waals surface area (Å²) in [5.74, 6) is -0.751. The number of hydrogen-bond acceptors (Lipinski definition) is 3. The molecular weight excluding hydrogens is 321 g/mol. The van der Waals surface area contributed by atoms with E-state index in [4.69, 9.17) is 5.73 Å². The fraction of sp³-hybridized carbons (Fsp3) is 0.235. The van der Waals surface area contributed by atoms with Gasteiger partial charge in [0, 0.05) is 16.9 Å². The van der Waals surface area contributed by atoms with Gasteiger partial charge in [-0.1, -0.05) is 12.1 Å². The number of carbonyl (C=O) groups is 1. The van der Waals surface area contributed by atoms with Crippen LogP contribution in [0.2, 0.25) is 0 Å². The van der Waals surface area contributed by atoms with E-state index in [2.05, 4.69) is 0 Å². The second-order valence-electron chi connectivity index (χ2n) is 5.43. The van der Waals surface area contributed by atoms with Crippen molar-refractivity contribution < 1.29 is 23.1 Å². The van der Waals surface area contributed by atoms with Crippen molar-refractivity contribution in [3.05, 3.63) is 59.2 Å². The predicted molar refractivity (Wildman–Crippen MR) is 85.5 cm³/mol. The molecule has 0 fully saturated rings. The number of aliphatic hydroxyl groups is 1. The number of carbonyl (C=O) groups excluding carboxylic acids is 1. The Morgan fingerprint density at radius 2 is 1.88 bits per heavy atom. The first-order valence-corrected chi connectivity index (χ1v) is 7.16. The van der Waals surface area contributed by atoms with E-state index < -0.39 is 23.9 Å². The van der Waals surface area contributed by atoms with Gasteiger partial charge in [0.1, 0.15) is 6.23 Å². The third-order valence-corrected chi connectivity index (χ3v) is 3.57. The lowest BCUT2D eigenvalue weighted by atomic mass is 10.1. The number of halogens is 3. The van der Waals surface area contributed by atoms with Crippen LogP contribution in [0.25, 0.3) is 0 Å². The summed E-state index contributed by atoms with van der Waals surface area (Å²) in [7, 11) is 0. The molecule has 3 N–H and O–H groups in total. The summed E-state index contributed by atoms with van der Waals surface area (Å²) in [4.78, 5) is 13.6. The summed E-state index contributed by atoms with van der Waals surface area (Å²) in [6, 6.07) is 8.80. The highest BCUT2D eigenvalue weighted by Crippen LogP contribution is 2.30. The molecule has 0 heterocycles. The maximum absolute atomic E-state index is 12.8. The van der Waals surface area contributed by atoms with Crippen LogP contribution in [0.1, 0.15) is 28.4 Å². The van der Waals surface area contributed by atoms with Crippen molar-refractivity contribution in [2.45, 2.75) is 26.3 Å². The standard InChI is InChI=1S/C17H17F3N2O2/c1-10-6-7-14(9-15(10)21)22(11(2)23)16(24)12-4-3-5-13(8-12)17(18,19)20/h3-9,11,23H,21H2,1-2H3. The van der Waals surface area contributed by atoms with Gasteiger partial charge in [-0.3, -0.25) is 9.69 Å². The number of aryl methyl sites for hydroxylation is 1. The third-order valence-electron chi connectivity index (χ3n) is 3.57. The number of nitrogens with zero attached hydrogens (tertiary/aromatic N) is 1. The molecule has 4 nitrogen and oxygen atoms in total. The summed E-state index contributed by atoms with van der Waals surface area (Å²) < 4.78 is 38.5. The van der Waals surface area contributed by atoms with E-state index >= 15 is 0 Å². The Labute approximate surface area is 137 Å². The fourth-order valence-electron chi connectivity index (χ4n) is 2.25. The van der Waals surface area contributed by atoms with Crippen molar-refractivity contribution in [1.29, 1.82) is 0 Å². The Kier molecular flexibility index (Phi) is 4.84. The third kappa shape index (κ3) is 3.68. The highest BCUT2D eigenvalue weighted by molar-refractivity contribution is 6.06. The molecule has 0 saturated heterocycles. The number of nitrogen functional groups attached to an aromatic ring is 1. The van der Waals surface area contributed by atoms with Crippen molar-refractivity contribution in [3.8, 4) is 0 Å². The zero-order valence-electron chi connectivity index (χ0n) is 13.1. The number of anilines is 2. The maximum Gasteiger partial charge on any atom is 0.416 e. The lowest BCUT2D eigenvalue weighted by Crippen LogP contribution is -2.38. The quantitative estimate of drug-likeness (QED) is 0.664. The average Bonchev–Trinajstić information content (AvgIpc) is 2.50. The smallest absolute Gasteiger partial charge is 0.398 e. The van der Waals surface area contributed by atoms with Crippen LogP contribution in [0.15, 0.2) is 42.5 Å². The van der Waals surface area contributed by atoms with Crippen LogP contribution in [-0.4, -0.2) is 17.2 Å². The lowest BCUT2D eigenvalue weighted by molar-refractivity contribution is -0.137. The Morgan fingerprint density at radius 3 is 2.42 bits per heavy atom. The average molecular weight is 338 g/mol. The zero-order valence-corrected chi connectivity index (χ0v) is 13.1. The van der Waals surface area contributed by atoms with Crippen LogP contribution in [0, 0.1) is 6.92 Å². The monoisotopic (exact) mass is 338 g/mol. The van der Waals surface area contributed by atoms with E-state index in [-0.39, 0.29) is 5.56 Å². The van der Waals surface area contributed by atoms with Crippen molar-refractivity contribution in [1.82, 2.24) is 0 Å². The van der Waals surface area contributed by atoms with Crippen LogP contribution in [0.5, 0.6) is 0 Å². The number of amides is 1. The van der Waals surface area contributed by atoms with Gasteiger partial charge >= 0.3 is 6.18 Å². The molecule has 24 heavy (non-hydrogen) atoms. The molecule has 2 aromatic rings. The van der Waals surface area contributed by atoms with Gasteiger partial charge in [0.2, 0.25) is 0 Å². The van der Waals surface area contributed by atoms with E-state index in [1.54, 1.807) is 19.1 Å². The Hall–Kier alpha value is -2.54. The molecule has 7 heteroatoms. The highest BCUT2D eigenvalue weighted by Gasteiger charge is 2.32. The molecule has 0 aliphatic carbocycles. The highest BCUT2D eigenvalue weighted by atomic mass is 19.4. The van der Waals surface area contributed by atoms with E-state index in [0.717, 1.165) is 28.7 Å². The van der Waals surface area contributed by atoms with Crippen LogP contribution in [0.3, 0.4) is 0 Å². The normalized spacial score (nSPS) is 12.8. The number of rotatable bonds is 3. The summed E-state index contributed by atoms with van der Waals surface area (Å²) >= 11 is 0. The van der Waals surface area contributed by atoms with Crippen LogP contribution < -0.4 is 10.6 Å². The van der Waals surface area contributed by atoms with Gasteiger partial charge < -0.3 is 10.8 Å². The predicted octanol–water partition coefficient (Wildman–Crippen LogP) is 3.58. The van der Waals surface area contributed by atoms with Crippen LogP contribution >= 0.6 is 0 Å². The number of aliphatic hydroxyl groups excluding tert-OH is 1. The number of alkyl halides is 3. The van der Waals surface area contributed by atoms with Gasteiger partial charge in [-0.25, -0.2) is 0 Å². The lowest BCUT2D eigenvalue weighted by Gasteiger charge is -2.26. The minimum atomic E-state index is -4.56. The van der Waals surface area contributed by atoms with Crippen LogP contribution in [0.4, 0.5) is 24.5 Å². The van der Waals surface area contributed by atoms with Gasteiger partial charge in [0.25, 0.3) is 5.91 Å². The van der Waals surface area contributed by atoms with Gasteiger partial charge in [-0.15, -0.1) is 0 Å². The van der Waals surface area contributed by atoms with Crippen molar-refractivity contribution in [3.63, 3.8) is 0 Å². The minimum absolute atomic E-state index is 0.176. The molecular formula is C17H17F3N2O2. The van der Waals surface area contributed by atoms with Gasteiger partial charge in [0.15, 0.2) is 0 Å². The van der Waals surface area contributed by atoms with Gasteiger partial charge in [-0.05, 0) is 49.7 Å². The molecule has 2 rings (SSSR count). The van der Waals surface area contributed by atoms with Crippen molar-refractivity contribution >= 4 is 17.3 Å². The maximum atomic E-state index is 12.8. The van der Waals surface area contributed by atoms with Crippen molar-refractivity contribution in [2.24, 2.45) is 0 Å².